The summed E-state index contributed by atoms with van der Waals surface area (Å²) in [5.74, 6) is -1.47. The van der Waals surface area contributed by atoms with E-state index in [-0.39, 0.29) is 29.0 Å². The number of sulfonamides is 1. The van der Waals surface area contributed by atoms with Crippen LogP contribution in [-0.2, 0) is 14.8 Å². The molecule has 11 heteroatoms. The summed E-state index contributed by atoms with van der Waals surface area (Å²) < 4.78 is 25.7. The summed E-state index contributed by atoms with van der Waals surface area (Å²) in [6.07, 6.45) is 0.972. The van der Waals surface area contributed by atoms with Crippen molar-refractivity contribution in [3.8, 4) is 0 Å². The molecule has 0 heterocycles. The molecule has 3 N–H and O–H groups in total. The monoisotopic (exact) mass is 420 g/mol. The zero-order valence-electron chi connectivity index (χ0n) is 15.7. The number of benzene rings is 2. The number of carbonyl (C=O) groups excluding carboxylic acids is 2. The van der Waals surface area contributed by atoms with Crippen molar-refractivity contribution in [3.05, 3.63) is 64.2 Å². The summed E-state index contributed by atoms with van der Waals surface area (Å²) in [5, 5.41) is 13.6. The Kier molecular flexibility index (Phi) is 6.54. The van der Waals surface area contributed by atoms with Crippen molar-refractivity contribution in [2.45, 2.75) is 19.4 Å². The van der Waals surface area contributed by atoms with Crippen molar-refractivity contribution < 1.29 is 22.9 Å². The summed E-state index contributed by atoms with van der Waals surface area (Å²) in [7, 11) is -3.98. The maximum absolute atomic E-state index is 12.9. The number of hydrogen-bond acceptors (Lipinski definition) is 6. The number of carbonyl (C=O) groups is 2. The van der Waals surface area contributed by atoms with Gasteiger partial charge in [0.15, 0.2) is 0 Å². The third-order valence-electron chi connectivity index (χ3n) is 4.08. The van der Waals surface area contributed by atoms with Crippen LogP contribution in [0.2, 0.25) is 0 Å². The summed E-state index contributed by atoms with van der Waals surface area (Å²) in [6.45, 7) is 1.60. The van der Waals surface area contributed by atoms with Gasteiger partial charge < -0.3 is 11.1 Å². The van der Waals surface area contributed by atoms with Gasteiger partial charge in [0.25, 0.3) is 11.6 Å². The van der Waals surface area contributed by atoms with Crippen molar-refractivity contribution >= 4 is 38.9 Å². The number of para-hydroxylation sites is 1. The molecule has 0 unspecified atom stereocenters. The topological polar surface area (TPSA) is 153 Å². The number of rotatable bonds is 8. The Morgan fingerprint density at radius 1 is 1.21 bits per heavy atom. The van der Waals surface area contributed by atoms with Crippen LogP contribution in [0.15, 0.2) is 48.5 Å². The van der Waals surface area contributed by atoms with Gasteiger partial charge in [-0.25, -0.2) is 8.42 Å². The van der Waals surface area contributed by atoms with Crippen molar-refractivity contribution in [1.29, 1.82) is 0 Å². The molecule has 0 fully saturated rings. The van der Waals surface area contributed by atoms with E-state index in [0.717, 1.165) is 16.6 Å². The summed E-state index contributed by atoms with van der Waals surface area (Å²) >= 11 is 0. The minimum atomic E-state index is -3.98. The van der Waals surface area contributed by atoms with Crippen LogP contribution in [0.1, 0.15) is 23.7 Å². The van der Waals surface area contributed by atoms with Crippen LogP contribution in [0.25, 0.3) is 0 Å². The van der Waals surface area contributed by atoms with Gasteiger partial charge in [0.05, 0.1) is 28.1 Å². The molecule has 0 aliphatic carbocycles. The lowest BCUT2D eigenvalue weighted by Crippen LogP contribution is -2.47. The van der Waals surface area contributed by atoms with Crippen LogP contribution >= 0.6 is 0 Å². The second kappa shape index (κ2) is 8.69. The van der Waals surface area contributed by atoms with E-state index in [4.69, 9.17) is 5.73 Å². The van der Waals surface area contributed by atoms with Crippen LogP contribution < -0.4 is 15.4 Å². The van der Waals surface area contributed by atoms with E-state index in [0.29, 0.717) is 0 Å². The van der Waals surface area contributed by atoms with Crippen molar-refractivity contribution in [2.75, 3.05) is 15.9 Å². The number of amides is 2. The largest absolute Gasteiger partial charge is 0.366 e. The first kappa shape index (κ1) is 21.8. The number of nitro groups is 1. The molecule has 0 aliphatic heterocycles. The summed E-state index contributed by atoms with van der Waals surface area (Å²) in [6, 6.07) is 9.81. The third-order valence-corrected chi connectivity index (χ3v) is 5.26. The highest BCUT2D eigenvalue weighted by Crippen LogP contribution is 2.27. The molecular weight excluding hydrogens is 400 g/mol. The molecule has 0 radical (unpaired) electrons. The number of nitro benzene ring substituents is 1. The minimum Gasteiger partial charge on any atom is -0.366 e. The van der Waals surface area contributed by atoms with Gasteiger partial charge in [-0.2, -0.15) is 0 Å². The molecular formula is C18H20N4O6S. The molecule has 2 amide bonds. The number of nitrogens with two attached hydrogens (primary N) is 1. The molecule has 0 aliphatic rings. The molecule has 2 aromatic rings. The Bertz CT molecular complexity index is 1050. The zero-order valence-corrected chi connectivity index (χ0v) is 16.5. The highest BCUT2D eigenvalue weighted by atomic mass is 32.2. The molecule has 154 valence electrons. The van der Waals surface area contributed by atoms with Gasteiger partial charge in [0, 0.05) is 12.1 Å². The SMILES string of the molecule is CC[C@H](C(=O)Nc1ccccc1C(N)=O)N(c1cccc([N+](=O)[O-])c1)S(C)(=O)=O. The Hall–Kier alpha value is -3.47. The molecule has 29 heavy (non-hydrogen) atoms. The summed E-state index contributed by atoms with van der Waals surface area (Å²) in [4.78, 5) is 34.9. The lowest BCUT2D eigenvalue weighted by atomic mass is 10.1. The number of primary amides is 1. The van der Waals surface area contributed by atoms with E-state index in [9.17, 15) is 28.1 Å². The van der Waals surface area contributed by atoms with Crippen LogP contribution in [0.4, 0.5) is 17.1 Å². The maximum Gasteiger partial charge on any atom is 0.271 e. The van der Waals surface area contributed by atoms with Crippen LogP contribution in [0.5, 0.6) is 0 Å². The first-order valence-corrected chi connectivity index (χ1v) is 10.3. The molecule has 1 atom stereocenters. The highest BCUT2D eigenvalue weighted by molar-refractivity contribution is 7.92. The Labute approximate surface area is 167 Å². The van der Waals surface area contributed by atoms with Gasteiger partial charge in [-0.15, -0.1) is 0 Å². The van der Waals surface area contributed by atoms with Crippen LogP contribution in [0.3, 0.4) is 0 Å². The fourth-order valence-corrected chi connectivity index (χ4v) is 4.03. The number of anilines is 2. The normalized spacial score (nSPS) is 12.1. The molecule has 0 aromatic heterocycles. The van der Waals surface area contributed by atoms with Gasteiger partial charge in [-0.1, -0.05) is 25.1 Å². The maximum atomic E-state index is 12.9. The molecule has 0 bridgehead atoms. The summed E-state index contributed by atoms with van der Waals surface area (Å²) in [5.41, 5.74) is 5.17. The lowest BCUT2D eigenvalue weighted by Gasteiger charge is -2.30. The van der Waals surface area contributed by atoms with Gasteiger partial charge in [0.1, 0.15) is 6.04 Å². The Morgan fingerprint density at radius 3 is 2.41 bits per heavy atom. The zero-order chi connectivity index (χ0) is 21.8. The second-order valence-corrected chi connectivity index (χ2v) is 8.02. The van der Waals surface area contributed by atoms with E-state index < -0.39 is 32.8 Å². The van der Waals surface area contributed by atoms with Crippen molar-refractivity contribution in [2.24, 2.45) is 5.73 Å². The molecule has 2 aromatic carbocycles. The molecule has 2 rings (SSSR count). The first-order chi connectivity index (χ1) is 13.6. The van der Waals surface area contributed by atoms with Crippen LogP contribution in [0, 0.1) is 10.1 Å². The lowest BCUT2D eigenvalue weighted by molar-refractivity contribution is -0.384. The number of nitrogens with one attached hydrogen (secondary N) is 1. The second-order valence-electron chi connectivity index (χ2n) is 6.16. The number of nitrogens with zero attached hydrogens (tertiary/aromatic N) is 2. The average Bonchev–Trinajstić information content (AvgIpc) is 2.65. The highest BCUT2D eigenvalue weighted by Gasteiger charge is 2.32. The predicted octanol–water partition coefficient (Wildman–Crippen LogP) is 1.88. The van der Waals surface area contributed by atoms with E-state index in [2.05, 4.69) is 5.32 Å². The Morgan fingerprint density at radius 2 is 1.86 bits per heavy atom. The third kappa shape index (κ3) is 5.08. The first-order valence-electron chi connectivity index (χ1n) is 8.49. The smallest absolute Gasteiger partial charge is 0.271 e. The quantitative estimate of drug-likeness (QED) is 0.491. The number of hydrogen-bond donors (Lipinski definition) is 2. The van der Waals surface area contributed by atoms with Gasteiger partial charge in [-0.05, 0) is 24.6 Å². The minimum absolute atomic E-state index is 0.0214. The van der Waals surface area contributed by atoms with Crippen molar-refractivity contribution in [3.63, 3.8) is 0 Å². The standard InChI is InChI=1S/C18H20N4O6S/c1-3-16(18(24)20-15-10-5-4-9-14(15)17(19)23)21(29(2,27)28)12-7-6-8-13(11-12)22(25)26/h4-11,16H,3H2,1-2H3,(H2,19,23)(H,20,24)/t16-/m1/s1. The predicted molar refractivity (Wildman–Crippen MR) is 108 cm³/mol. The van der Waals surface area contributed by atoms with Gasteiger partial charge in [-0.3, -0.25) is 24.0 Å². The molecule has 0 spiro atoms. The number of non-ortho nitro benzene ring substituents is 1. The average molecular weight is 420 g/mol. The van der Waals surface area contributed by atoms with E-state index in [1.54, 1.807) is 19.1 Å². The van der Waals surface area contributed by atoms with E-state index in [1.165, 1.54) is 30.3 Å². The van der Waals surface area contributed by atoms with Crippen molar-refractivity contribution in [1.82, 2.24) is 0 Å². The van der Waals surface area contributed by atoms with E-state index in [1.807, 2.05) is 0 Å². The molecule has 0 saturated carbocycles. The Balaban J connectivity index is 2.47. The molecule has 0 saturated heterocycles. The fraction of sp³-hybridized carbons (Fsp3) is 0.222. The van der Waals surface area contributed by atoms with Crippen LogP contribution in [-0.4, -0.2) is 37.5 Å². The molecule has 10 nitrogen and oxygen atoms in total. The fourth-order valence-electron chi connectivity index (χ4n) is 2.83. The van der Waals surface area contributed by atoms with Gasteiger partial charge in [0.2, 0.25) is 15.9 Å². The van der Waals surface area contributed by atoms with E-state index >= 15 is 0 Å². The van der Waals surface area contributed by atoms with Gasteiger partial charge >= 0.3 is 0 Å².